The van der Waals surface area contributed by atoms with Crippen molar-refractivity contribution in [2.75, 3.05) is 31.6 Å². The molecule has 2 aliphatic heterocycles. The molecular formula is C44H46N8O6S. The van der Waals surface area contributed by atoms with Crippen molar-refractivity contribution in [2.45, 2.75) is 44.9 Å². The molecule has 2 atom stereocenters. The lowest BCUT2D eigenvalue weighted by Crippen LogP contribution is -2.75. The third kappa shape index (κ3) is 8.96. The number of pyridine rings is 1. The van der Waals surface area contributed by atoms with Crippen molar-refractivity contribution in [3.8, 4) is 16.9 Å². The Kier molecular flexibility index (Phi) is 12.3. The average Bonchev–Trinajstić information content (AvgIpc) is 3.56. The number of aromatic nitrogens is 2. The molecule has 4 heterocycles. The van der Waals surface area contributed by atoms with E-state index in [1.165, 1.54) is 0 Å². The molecule has 7 rings (SSSR count). The van der Waals surface area contributed by atoms with Crippen molar-refractivity contribution in [1.82, 2.24) is 34.7 Å². The highest BCUT2D eigenvalue weighted by Crippen LogP contribution is 2.35. The van der Waals surface area contributed by atoms with Crippen LogP contribution in [0.3, 0.4) is 0 Å². The Balaban J connectivity index is 1.20. The number of hydrogen-bond donors (Lipinski definition) is 3. The van der Waals surface area contributed by atoms with Crippen molar-refractivity contribution in [3.63, 3.8) is 0 Å². The molecule has 0 aliphatic carbocycles. The number of aromatic hydroxyl groups is 1. The Morgan fingerprint density at radius 2 is 1.80 bits per heavy atom. The number of amides is 4. The van der Waals surface area contributed by atoms with Gasteiger partial charge in [-0.3, -0.25) is 19.7 Å². The number of para-hydroxylation sites is 1. The number of benzene rings is 3. The highest BCUT2D eigenvalue weighted by molar-refractivity contribution is 7.80. The van der Waals surface area contributed by atoms with Crippen LogP contribution in [0.25, 0.3) is 22.0 Å². The minimum atomic E-state index is -0.900. The van der Waals surface area contributed by atoms with Gasteiger partial charge in [0.2, 0.25) is 17.7 Å². The maximum atomic E-state index is 14.7. The van der Waals surface area contributed by atoms with E-state index < -0.39 is 18.3 Å². The molecular weight excluding hydrogens is 769 g/mol. The Labute approximate surface area is 347 Å². The van der Waals surface area contributed by atoms with Crippen LogP contribution < -0.4 is 10.6 Å². The van der Waals surface area contributed by atoms with Crippen LogP contribution >= 0.6 is 12.2 Å². The molecule has 0 bridgehead atoms. The monoisotopic (exact) mass is 814 g/mol. The maximum Gasteiger partial charge on any atom is 0.413 e. The van der Waals surface area contributed by atoms with Crippen LogP contribution in [0.1, 0.15) is 30.0 Å². The number of hydrogen-bond acceptors (Lipinski definition) is 9. The lowest BCUT2D eigenvalue weighted by atomic mass is 9.97. The molecule has 0 saturated carbocycles. The van der Waals surface area contributed by atoms with Gasteiger partial charge in [0.25, 0.3) is 0 Å². The lowest BCUT2D eigenvalue weighted by Gasteiger charge is -2.55. The predicted octanol–water partition coefficient (Wildman–Crippen LogP) is 5.38. The number of piperazine rings is 1. The van der Waals surface area contributed by atoms with E-state index in [0.29, 0.717) is 12.2 Å². The van der Waals surface area contributed by atoms with E-state index in [-0.39, 0.29) is 74.2 Å². The number of thiocarbonyl (C=S) groups is 1. The number of ether oxygens (including phenoxy) is 1. The van der Waals surface area contributed by atoms with Gasteiger partial charge >= 0.3 is 6.09 Å². The zero-order valence-electron chi connectivity index (χ0n) is 32.9. The molecule has 0 spiro atoms. The Hall–Kier alpha value is -6.58. The predicted molar refractivity (Wildman–Crippen MR) is 228 cm³/mol. The molecule has 0 unspecified atom stereocenters. The molecule has 3 N–H and O–H groups in total. The summed E-state index contributed by atoms with van der Waals surface area (Å²) in [7, 11) is 1.95. The van der Waals surface area contributed by atoms with Crippen molar-refractivity contribution in [2.24, 2.45) is 7.05 Å². The lowest BCUT2D eigenvalue weighted by molar-refractivity contribution is -0.205. The molecule has 3 aromatic carbocycles. The molecule has 5 aromatic rings. The van der Waals surface area contributed by atoms with Crippen molar-refractivity contribution in [1.29, 1.82) is 0 Å². The van der Waals surface area contributed by atoms with Gasteiger partial charge < -0.3 is 29.5 Å². The summed E-state index contributed by atoms with van der Waals surface area (Å²) >= 11 is 5.21. The van der Waals surface area contributed by atoms with Crippen LogP contribution in [0, 0.1) is 0 Å². The number of anilines is 1. The van der Waals surface area contributed by atoms with E-state index in [9.17, 15) is 24.3 Å². The Morgan fingerprint density at radius 3 is 2.51 bits per heavy atom. The first-order valence-corrected chi connectivity index (χ1v) is 19.8. The number of nitrogens with zero attached hydrogens (tertiary/aromatic N) is 6. The first-order chi connectivity index (χ1) is 28.5. The van der Waals surface area contributed by atoms with E-state index in [1.54, 1.807) is 69.3 Å². The molecule has 4 amide bonds. The van der Waals surface area contributed by atoms with Crippen LogP contribution in [-0.4, -0.2) is 102 Å². The van der Waals surface area contributed by atoms with Crippen LogP contribution in [0.5, 0.6) is 5.75 Å². The molecule has 15 heteroatoms. The summed E-state index contributed by atoms with van der Waals surface area (Å²) in [5.74, 6) is -0.0979. The normalized spacial score (nSPS) is 16.8. The quantitative estimate of drug-likeness (QED) is 0.111. The summed E-state index contributed by atoms with van der Waals surface area (Å²) in [6.45, 7) is 6.34. The standard InChI is InChI=1S/C44H46N8O6S/c1-4-22-50-28-40(55)51-36(23-30-14-18-33(53)19-15-30)42(56)49(27-38(51)52(50)39(54)21-16-29-10-7-6-8-11-29)25-32-12-9-13-34-35(26-48(3)41(32)34)31-17-20-37(45-24-31)46-43(59)47-44(57)58-5-2/h4,6-15,17-20,24,26,36,38,53H,1,5,16,21-23,25,27-28H2,2-3H3,(H2,45,46,47,57,59)/t36-,38-/m0/s1. The summed E-state index contributed by atoms with van der Waals surface area (Å²) in [6, 6.07) is 25.1. The van der Waals surface area contributed by atoms with Gasteiger partial charge in [0.1, 0.15) is 23.8 Å². The Morgan fingerprint density at radius 1 is 1.02 bits per heavy atom. The summed E-state index contributed by atoms with van der Waals surface area (Å²) in [5.41, 5.74) is 5.36. The third-order valence-electron chi connectivity index (χ3n) is 10.5. The number of phenols is 1. The van der Waals surface area contributed by atoms with Gasteiger partial charge in [-0.1, -0.05) is 66.7 Å². The second-order valence-electron chi connectivity index (χ2n) is 14.4. The highest BCUT2D eigenvalue weighted by Gasteiger charge is 2.51. The molecule has 2 saturated heterocycles. The summed E-state index contributed by atoms with van der Waals surface area (Å²) in [5, 5.41) is 19.7. The van der Waals surface area contributed by atoms with Gasteiger partial charge in [0.15, 0.2) is 5.11 Å². The first kappa shape index (κ1) is 40.6. The van der Waals surface area contributed by atoms with Crippen LogP contribution in [0.4, 0.5) is 10.6 Å². The van der Waals surface area contributed by atoms with E-state index in [1.807, 2.05) is 72.4 Å². The second-order valence-corrected chi connectivity index (χ2v) is 14.9. The molecule has 0 radical (unpaired) electrons. The van der Waals surface area contributed by atoms with E-state index in [4.69, 9.17) is 17.0 Å². The SMILES string of the molecule is C=CCN1CC(=O)N2[C@@H](Cc3ccc(O)cc3)C(=O)N(Cc3cccc4c(-c5ccc(NC(=S)NC(=O)OCC)nc5)cn(C)c34)C[C@@H]2N1C(=O)CCc1ccccc1. The van der Waals surface area contributed by atoms with Gasteiger partial charge in [0, 0.05) is 61.9 Å². The Bertz CT molecular complexity index is 2370. The van der Waals surface area contributed by atoms with Crippen LogP contribution in [0.2, 0.25) is 0 Å². The van der Waals surface area contributed by atoms with Crippen molar-refractivity contribution < 1.29 is 29.0 Å². The fourth-order valence-electron chi connectivity index (χ4n) is 7.92. The third-order valence-corrected chi connectivity index (χ3v) is 10.7. The average molecular weight is 815 g/mol. The van der Waals surface area contributed by atoms with Crippen molar-refractivity contribution in [3.05, 3.63) is 127 Å². The summed E-state index contributed by atoms with van der Waals surface area (Å²) in [4.78, 5) is 62.7. The number of alkyl carbamates (subject to hydrolysis) is 1. The van der Waals surface area contributed by atoms with Gasteiger partial charge in [0.05, 0.1) is 25.2 Å². The molecule has 304 valence electrons. The minimum absolute atomic E-state index is 0.0601. The van der Waals surface area contributed by atoms with E-state index in [0.717, 1.165) is 38.7 Å². The smallest absolute Gasteiger partial charge is 0.413 e. The fraction of sp³-hybridized carbons (Fsp3) is 0.273. The number of fused-ring (bicyclic) bond motifs is 2. The van der Waals surface area contributed by atoms with E-state index in [2.05, 4.69) is 22.2 Å². The van der Waals surface area contributed by atoms with Crippen molar-refractivity contribution >= 4 is 57.9 Å². The number of phenolic OH excluding ortho intramolecular Hbond substituents is 1. The molecule has 2 fully saturated rings. The number of carbonyl (C=O) groups is 4. The number of nitrogens with one attached hydrogen (secondary N) is 2. The number of rotatable bonds is 12. The molecule has 59 heavy (non-hydrogen) atoms. The van der Waals surface area contributed by atoms with Gasteiger partial charge in [-0.25, -0.2) is 19.8 Å². The number of hydrazine groups is 1. The molecule has 14 nitrogen and oxygen atoms in total. The van der Waals surface area contributed by atoms with Gasteiger partial charge in [-0.05, 0) is 66.5 Å². The fourth-order valence-corrected chi connectivity index (χ4v) is 8.11. The summed E-state index contributed by atoms with van der Waals surface area (Å²) < 4.78 is 6.90. The largest absolute Gasteiger partial charge is 0.508 e. The van der Waals surface area contributed by atoms with E-state index >= 15 is 0 Å². The molecule has 2 aromatic heterocycles. The van der Waals surface area contributed by atoms with Crippen LogP contribution in [0.15, 0.2) is 110 Å². The zero-order chi connectivity index (χ0) is 41.6. The van der Waals surface area contributed by atoms with Gasteiger partial charge in [-0.15, -0.1) is 6.58 Å². The number of aryl methyl sites for hydroxylation is 2. The van der Waals surface area contributed by atoms with Gasteiger partial charge in [-0.2, -0.15) is 0 Å². The minimum Gasteiger partial charge on any atom is -0.508 e. The topological polar surface area (TPSA) is 153 Å². The molecule has 2 aliphatic rings. The number of carbonyl (C=O) groups excluding carboxylic acids is 4. The van der Waals surface area contributed by atoms with Crippen LogP contribution in [-0.2, 0) is 45.6 Å². The second kappa shape index (κ2) is 17.9. The zero-order valence-corrected chi connectivity index (χ0v) is 33.7. The highest BCUT2D eigenvalue weighted by atomic mass is 32.1. The first-order valence-electron chi connectivity index (χ1n) is 19.4. The summed E-state index contributed by atoms with van der Waals surface area (Å²) in [6.07, 6.45) is 4.91. The maximum absolute atomic E-state index is 14.7.